The molecule has 1 rings (SSSR count). The molecule has 0 aromatic carbocycles. The number of likely N-dealkylation sites (tertiary alicyclic amines) is 1. The van der Waals surface area contributed by atoms with E-state index in [0.717, 1.165) is 10.4 Å². The van der Waals surface area contributed by atoms with Gasteiger partial charge in [-0.2, -0.15) is 0 Å². The van der Waals surface area contributed by atoms with Crippen LogP contribution in [0.1, 0.15) is 12.8 Å². The van der Waals surface area contributed by atoms with Crippen molar-refractivity contribution in [2.75, 3.05) is 6.54 Å². The maximum absolute atomic E-state index is 11.0. The van der Waals surface area contributed by atoms with Gasteiger partial charge in [-0.25, -0.2) is 0 Å². The Morgan fingerprint density at radius 2 is 1.92 bits per heavy atom. The van der Waals surface area contributed by atoms with E-state index < -0.39 is 0 Å². The third-order valence-corrected chi connectivity index (χ3v) is 2.19. The second kappa shape index (κ2) is 3.92. The van der Waals surface area contributed by atoms with Crippen LogP contribution in [0, 0.1) is 0 Å². The Morgan fingerprint density at radius 3 is 2.33 bits per heavy atom. The smallest absolute Gasteiger partial charge is 0.230 e. The Labute approximate surface area is 79.9 Å². The summed E-state index contributed by atoms with van der Waals surface area (Å²) < 4.78 is 0. The summed E-state index contributed by atoms with van der Waals surface area (Å²) in [6.45, 7) is 0.0999. The summed E-state index contributed by atoms with van der Waals surface area (Å²) in [5.41, 5.74) is 1.15. The molecule has 0 spiro atoms. The zero-order chi connectivity index (χ0) is 9.14. The lowest BCUT2D eigenvalue weighted by molar-refractivity contribution is -0.137. The molecular formula is C7H7Cl2NO2. The van der Waals surface area contributed by atoms with Gasteiger partial charge in [-0.1, -0.05) is 23.2 Å². The van der Waals surface area contributed by atoms with Crippen molar-refractivity contribution >= 4 is 35.0 Å². The molecule has 0 saturated carbocycles. The van der Waals surface area contributed by atoms with Gasteiger partial charge < -0.3 is 0 Å². The van der Waals surface area contributed by atoms with E-state index in [9.17, 15) is 9.59 Å². The maximum Gasteiger partial charge on any atom is 0.230 e. The summed E-state index contributed by atoms with van der Waals surface area (Å²) in [6.07, 6.45) is 0.566. The first-order chi connectivity index (χ1) is 5.65. The van der Waals surface area contributed by atoms with Crippen molar-refractivity contribution in [1.29, 1.82) is 0 Å². The van der Waals surface area contributed by atoms with Gasteiger partial charge >= 0.3 is 0 Å². The van der Waals surface area contributed by atoms with E-state index in [-0.39, 0.29) is 31.2 Å². The molecule has 1 saturated heterocycles. The van der Waals surface area contributed by atoms with E-state index in [4.69, 9.17) is 23.2 Å². The van der Waals surface area contributed by atoms with Crippen LogP contribution < -0.4 is 0 Å². The van der Waals surface area contributed by atoms with Crippen LogP contribution in [-0.4, -0.2) is 23.3 Å². The molecule has 1 aliphatic heterocycles. The van der Waals surface area contributed by atoms with Gasteiger partial charge in [-0.05, 0) is 0 Å². The van der Waals surface area contributed by atoms with Gasteiger partial charge in [0.15, 0.2) is 0 Å². The monoisotopic (exact) mass is 207 g/mol. The number of amides is 2. The van der Waals surface area contributed by atoms with Gasteiger partial charge in [0.2, 0.25) is 11.8 Å². The molecule has 0 radical (unpaired) electrons. The predicted octanol–water partition coefficient (Wildman–Crippen LogP) is 1.45. The summed E-state index contributed by atoms with van der Waals surface area (Å²) in [5, 5.41) is 0.292. The Kier molecular flexibility index (Phi) is 3.12. The first kappa shape index (κ1) is 9.55. The quantitative estimate of drug-likeness (QED) is 0.644. The average Bonchev–Trinajstić information content (AvgIpc) is 2.35. The Hall–Kier alpha value is -0.540. The molecule has 0 atom stereocenters. The van der Waals surface area contributed by atoms with Crippen molar-refractivity contribution < 1.29 is 9.59 Å². The van der Waals surface area contributed by atoms with E-state index in [1.54, 1.807) is 0 Å². The Morgan fingerprint density at radius 1 is 1.42 bits per heavy atom. The van der Waals surface area contributed by atoms with Crippen LogP contribution in [0.5, 0.6) is 0 Å². The van der Waals surface area contributed by atoms with Crippen molar-refractivity contribution in [3.63, 3.8) is 0 Å². The lowest BCUT2D eigenvalue weighted by Crippen LogP contribution is -2.30. The Balaban J connectivity index is 2.62. The minimum Gasteiger partial charge on any atom is -0.277 e. The van der Waals surface area contributed by atoms with Gasteiger partial charge in [0.05, 0.1) is 6.54 Å². The molecule has 1 fully saturated rings. The molecule has 0 aliphatic carbocycles. The summed E-state index contributed by atoms with van der Waals surface area (Å²) in [7, 11) is 0. The molecule has 2 amide bonds. The van der Waals surface area contributed by atoms with Crippen molar-refractivity contribution in [2.24, 2.45) is 0 Å². The first-order valence-corrected chi connectivity index (χ1v) is 4.24. The minimum atomic E-state index is -0.184. The van der Waals surface area contributed by atoms with E-state index >= 15 is 0 Å². The number of nitrogens with zero attached hydrogens (tertiary/aromatic N) is 1. The highest BCUT2D eigenvalue weighted by molar-refractivity contribution is 6.36. The number of rotatable bonds is 2. The van der Waals surface area contributed by atoms with E-state index in [1.165, 1.54) is 0 Å². The number of hydrogen-bond donors (Lipinski definition) is 0. The topological polar surface area (TPSA) is 37.4 Å². The van der Waals surface area contributed by atoms with Crippen LogP contribution in [0.25, 0.3) is 0 Å². The van der Waals surface area contributed by atoms with Crippen molar-refractivity contribution in [3.05, 3.63) is 10.6 Å². The molecule has 0 unspecified atom stereocenters. The van der Waals surface area contributed by atoms with Gasteiger partial charge in [0.25, 0.3) is 0 Å². The summed E-state index contributed by atoms with van der Waals surface area (Å²) >= 11 is 10.8. The fourth-order valence-corrected chi connectivity index (χ4v) is 1.17. The Bertz CT molecular complexity index is 234. The molecule has 12 heavy (non-hydrogen) atoms. The third-order valence-electron chi connectivity index (χ3n) is 1.58. The zero-order valence-electron chi connectivity index (χ0n) is 6.22. The van der Waals surface area contributed by atoms with E-state index in [2.05, 4.69) is 0 Å². The number of hydrogen-bond acceptors (Lipinski definition) is 2. The lowest BCUT2D eigenvalue weighted by Gasteiger charge is -2.11. The molecule has 1 heterocycles. The van der Waals surface area contributed by atoms with Crippen LogP contribution in [0.3, 0.4) is 0 Å². The van der Waals surface area contributed by atoms with Crippen molar-refractivity contribution in [1.82, 2.24) is 4.90 Å². The number of halogens is 2. The first-order valence-electron chi connectivity index (χ1n) is 3.43. The van der Waals surface area contributed by atoms with Crippen molar-refractivity contribution in [2.45, 2.75) is 12.8 Å². The molecule has 5 heteroatoms. The molecule has 3 nitrogen and oxygen atoms in total. The van der Waals surface area contributed by atoms with E-state index in [1.807, 2.05) is 0 Å². The van der Waals surface area contributed by atoms with Crippen LogP contribution in [-0.2, 0) is 9.59 Å². The van der Waals surface area contributed by atoms with Crippen molar-refractivity contribution in [3.8, 4) is 0 Å². The molecule has 66 valence electrons. The van der Waals surface area contributed by atoms with Crippen LogP contribution in [0.15, 0.2) is 10.6 Å². The SMILES string of the molecule is O=C1CCC(=O)N1C/C(Cl)=C\Cl. The molecule has 1 aliphatic rings. The van der Waals surface area contributed by atoms with Gasteiger partial charge in [0.1, 0.15) is 0 Å². The average molecular weight is 208 g/mol. The highest BCUT2D eigenvalue weighted by Gasteiger charge is 2.28. The highest BCUT2D eigenvalue weighted by Crippen LogP contribution is 2.15. The summed E-state index contributed by atoms with van der Waals surface area (Å²) in [6, 6.07) is 0. The second-order valence-corrected chi connectivity index (χ2v) is 3.13. The fraction of sp³-hybridized carbons (Fsp3) is 0.429. The third kappa shape index (κ3) is 1.99. The van der Waals surface area contributed by atoms with Crippen LogP contribution in [0.2, 0.25) is 0 Å². The summed E-state index contributed by atoms with van der Waals surface area (Å²) in [4.78, 5) is 23.1. The number of carbonyl (C=O) groups is 2. The zero-order valence-corrected chi connectivity index (χ0v) is 7.73. The van der Waals surface area contributed by atoms with E-state index in [0.29, 0.717) is 5.03 Å². The minimum absolute atomic E-state index is 0.0999. The lowest BCUT2D eigenvalue weighted by atomic mass is 10.4. The predicted molar refractivity (Wildman–Crippen MR) is 45.7 cm³/mol. The normalized spacial score (nSPS) is 19.2. The van der Waals surface area contributed by atoms with Gasteiger partial charge in [0, 0.05) is 23.4 Å². The second-order valence-electron chi connectivity index (χ2n) is 2.43. The fourth-order valence-electron chi connectivity index (χ4n) is 0.985. The molecule has 0 N–H and O–H groups in total. The molecule has 0 bridgehead atoms. The van der Waals surface area contributed by atoms with Crippen LogP contribution >= 0.6 is 23.2 Å². The number of imide groups is 1. The summed E-state index contributed by atoms with van der Waals surface area (Å²) in [5.74, 6) is -0.367. The molecule has 0 aromatic rings. The maximum atomic E-state index is 11.0. The largest absolute Gasteiger partial charge is 0.277 e. The standard InChI is InChI=1S/C7H7Cl2NO2/c8-3-5(9)4-10-6(11)1-2-7(10)12/h3H,1-2,4H2/b5-3+. The number of carbonyl (C=O) groups excluding carboxylic acids is 2. The van der Waals surface area contributed by atoms with Crippen LogP contribution in [0.4, 0.5) is 0 Å². The highest BCUT2D eigenvalue weighted by atomic mass is 35.5. The van der Waals surface area contributed by atoms with Gasteiger partial charge in [-0.3, -0.25) is 14.5 Å². The molecule has 0 aromatic heterocycles. The van der Waals surface area contributed by atoms with Gasteiger partial charge in [-0.15, -0.1) is 0 Å². The molecular weight excluding hydrogens is 201 g/mol.